The molecule has 0 bridgehead atoms. The van der Waals surface area contributed by atoms with E-state index in [-0.39, 0.29) is 14.9 Å². The Kier molecular flexibility index (Phi) is 4.33. The summed E-state index contributed by atoms with van der Waals surface area (Å²) in [5.74, 6) is 0. The smallest absolute Gasteiger partial charge is 0.269 e. The fourth-order valence-electron chi connectivity index (χ4n) is 2.42. The van der Waals surface area contributed by atoms with Gasteiger partial charge in [-0.05, 0) is 42.8 Å². The SMILES string of the molecule is NCCc1cn(S(=O)(=O)c2cccc(Cl)c2Cl)c2cccnc12. The van der Waals surface area contributed by atoms with Crippen LogP contribution in [0.4, 0.5) is 0 Å². The molecular weight excluding hydrogens is 357 g/mol. The van der Waals surface area contributed by atoms with Gasteiger partial charge in [-0.15, -0.1) is 0 Å². The molecule has 120 valence electrons. The number of rotatable bonds is 4. The van der Waals surface area contributed by atoms with Crippen molar-refractivity contribution in [2.24, 2.45) is 5.73 Å². The first-order chi connectivity index (χ1) is 11.0. The van der Waals surface area contributed by atoms with Crippen LogP contribution in [0.25, 0.3) is 11.0 Å². The highest BCUT2D eigenvalue weighted by molar-refractivity contribution is 7.90. The number of hydrogen-bond acceptors (Lipinski definition) is 4. The van der Waals surface area contributed by atoms with Gasteiger partial charge >= 0.3 is 0 Å². The Bertz CT molecular complexity index is 984. The molecule has 3 rings (SSSR count). The van der Waals surface area contributed by atoms with E-state index in [9.17, 15) is 8.42 Å². The molecule has 1 aromatic carbocycles. The molecule has 3 aromatic rings. The number of nitrogens with zero attached hydrogens (tertiary/aromatic N) is 2. The van der Waals surface area contributed by atoms with Crippen LogP contribution in [0, 0.1) is 0 Å². The summed E-state index contributed by atoms with van der Waals surface area (Å²) in [5.41, 5.74) is 7.46. The van der Waals surface area contributed by atoms with Gasteiger partial charge in [-0.1, -0.05) is 29.3 Å². The van der Waals surface area contributed by atoms with E-state index >= 15 is 0 Å². The molecule has 0 fully saturated rings. The molecule has 0 spiro atoms. The fourth-order valence-corrected chi connectivity index (χ4v) is 4.54. The molecule has 2 heterocycles. The molecule has 0 aliphatic heterocycles. The van der Waals surface area contributed by atoms with Gasteiger partial charge in [0.15, 0.2) is 0 Å². The number of halogens is 2. The van der Waals surface area contributed by atoms with Crippen molar-refractivity contribution < 1.29 is 8.42 Å². The summed E-state index contributed by atoms with van der Waals surface area (Å²) >= 11 is 12.0. The molecule has 2 aromatic heterocycles. The topological polar surface area (TPSA) is 78.0 Å². The second-order valence-corrected chi connectivity index (χ2v) is 7.49. The van der Waals surface area contributed by atoms with E-state index < -0.39 is 10.0 Å². The maximum absolute atomic E-state index is 13.0. The minimum atomic E-state index is -3.90. The molecule has 5 nitrogen and oxygen atoms in total. The minimum absolute atomic E-state index is 0.000261. The Labute approximate surface area is 143 Å². The lowest BCUT2D eigenvalue weighted by Gasteiger charge is -2.09. The summed E-state index contributed by atoms with van der Waals surface area (Å²) in [5, 5.41) is 0.185. The van der Waals surface area contributed by atoms with Crippen molar-refractivity contribution in [3.8, 4) is 0 Å². The maximum atomic E-state index is 13.0. The lowest BCUT2D eigenvalue weighted by Crippen LogP contribution is -2.12. The zero-order valence-electron chi connectivity index (χ0n) is 11.9. The van der Waals surface area contributed by atoms with E-state index in [0.29, 0.717) is 24.0 Å². The second kappa shape index (κ2) is 6.13. The molecule has 23 heavy (non-hydrogen) atoms. The molecule has 8 heteroatoms. The van der Waals surface area contributed by atoms with E-state index in [0.717, 1.165) is 5.56 Å². The average molecular weight is 370 g/mol. The van der Waals surface area contributed by atoms with E-state index in [1.54, 1.807) is 24.4 Å². The van der Waals surface area contributed by atoms with Crippen LogP contribution in [0.15, 0.2) is 47.6 Å². The molecule has 0 amide bonds. The van der Waals surface area contributed by atoms with Crippen molar-refractivity contribution in [2.45, 2.75) is 11.3 Å². The van der Waals surface area contributed by atoms with Gasteiger partial charge in [0.2, 0.25) is 0 Å². The first-order valence-corrected chi connectivity index (χ1v) is 9.01. The van der Waals surface area contributed by atoms with Gasteiger partial charge < -0.3 is 5.73 Å². The van der Waals surface area contributed by atoms with E-state index in [2.05, 4.69) is 4.98 Å². The molecule has 0 radical (unpaired) electrons. The Morgan fingerprint density at radius 1 is 1.17 bits per heavy atom. The first kappa shape index (κ1) is 16.3. The maximum Gasteiger partial charge on any atom is 0.269 e. The molecule has 2 N–H and O–H groups in total. The molecule has 0 aliphatic rings. The van der Waals surface area contributed by atoms with Gasteiger partial charge in [0.05, 0.1) is 21.1 Å². The van der Waals surface area contributed by atoms with Crippen LogP contribution in [0.5, 0.6) is 0 Å². The van der Waals surface area contributed by atoms with E-state index in [4.69, 9.17) is 28.9 Å². The number of nitrogens with two attached hydrogens (primary N) is 1. The lowest BCUT2D eigenvalue weighted by atomic mass is 10.2. The number of hydrogen-bond donors (Lipinski definition) is 1. The molecule has 0 saturated carbocycles. The third kappa shape index (κ3) is 2.72. The third-order valence-electron chi connectivity index (χ3n) is 3.47. The zero-order chi connectivity index (χ0) is 16.6. The van der Waals surface area contributed by atoms with Crippen LogP contribution in [0.3, 0.4) is 0 Å². The normalized spacial score (nSPS) is 12.0. The standard InChI is InChI=1S/C15H13Cl2N3O2S/c16-11-3-1-5-13(14(11)17)23(21,22)20-9-10(6-7-18)15-12(20)4-2-8-19-15/h1-5,8-9H,6-7,18H2. The monoisotopic (exact) mass is 369 g/mol. The predicted molar refractivity (Wildman–Crippen MR) is 91.5 cm³/mol. The highest BCUT2D eigenvalue weighted by Gasteiger charge is 2.24. The van der Waals surface area contributed by atoms with Crippen LogP contribution in [0.1, 0.15) is 5.56 Å². The van der Waals surface area contributed by atoms with Gasteiger partial charge in [-0.3, -0.25) is 4.98 Å². The van der Waals surface area contributed by atoms with Crippen LogP contribution in [-0.4, -0.2) is 23.9 Å². The number of fused-ring (bicyclic) bond motifs is 1. The molecule has 0 atom stereocenters. The van der Waals surface area contributed by atoms with Crippen LogP contribution in [-0.2, 0) is 16.4 Å². The number of pyridine rings is 1. The Hall–Kier alpha value is -1.60. The Morgan fingerprint density at radius 3 is 2.70 bits per heavy atom. The Balaban J connectivity index is 2.29. The van der Waals surface area contributed by atoms with Gasteiger partial charge in [-0.2, -0.15) is 0 Å². The zero-order valence-corrected chi connectivity index (χ0v) is 14.2. The van der Waals surface area contributed by atoms with Gasteiger partial charge in [0.25, 0.3) is 10.0 Å². The van der Waals surface area contributed by atoms with Crippen molar-refractivity contribution in [1.29, 1.82) is 0 Å². The van der Waals surface area contributed by atoms with E-state index in [1.165, 1.54) is 22.3 Å². The molecule has 0 aliphatic carbocycles. The number of aromatic nitrogens is 2. The second-order valence-electron chi connectivity index (χ2n) is 4.92. The van der Waals surface area contributed by atoms with Crippen molar-refractivity contribution in [2.75, 3.05) is 6.54 Å². The predicted octanol–water partition coefficient (Wildman–Crippen LogP) is 3.08. The van der Waals surface area contributed by atoms with Crippen LogP contribution in [0.2, 0.25) is 10.0 Å². The van der Waals surface area contributed by atoms with Crippen molar-refractivity contribution in [1.82, 2.24) is 8.96 Å². The molecule has 0 unspecified atom stereocenters. The largest absolute Gasteiger partial charge is 0.330 e. The quantitative estimate of drug-likeness (QED) is 0.766. The summed E-state index contributed by atoms with van der Waals surface area (Å²) in [7, 11) is -3.90. The summed E-state index contributed by atoms with van der Waals surface area (Å²) in [4.78, 5) is 4.22. The average Bonchev–Trinajstić information content (AvgIpc) is 2.90. The molecular formula is C15H13Cl2N3O2S. The summed E-state index contributed by atoms with van der Waals surface area (Å²) in [6.45, 7) is 0.396. The molecule has 0 saturated heterocycles. The highest BCUT2D eigenvalue weighted by atomic mass is 35.5. The minimum Gasteiger partial charge on any atom is -0.330 e. The number of benzene rings is 1. The highest BCUT2D eigenvalue weighted by Crippen LogP contribution is 2.32. The fraction of sp³-hybridized carbons (Fsp3) is 0.133. The van der Waals surface area contributed by atoms with Crippen LogP contribution >= 0.6 is 23.2 Å². The van der Waals surface area contributed by atoms with Crippen molar-refractivity contribution >= 4 is 44.3 Å². The third-order valence-corrected chi connectivity index (χ3v) is 6.11. The van der Waals surface area contributed by atoms with E-state index in [1.807, 2.05) is 0 Å². The first-order valence-electron chi connectivity index (χ1n) is 6.81. The van der Waals surface area contributed by atoms with Crippen LogP contribution < -0.4 is 5.73 Å². The van der Waals surface area contributed by atoms with Gasteiger partial charge in [0.1, 0.15) is 4.90 Å². The summed E-state index contributed by atoms with van der Waals surface area (Å²) in [6, 6.07) is 7.89. The van der Waals surface area contributed by atoms with Gasteiger partial charge in [-0.25, -0.2) is 12.4 Å². The summed E-state index contributed by atoms with van der Waals surface area (Å²) < 4.78 is 27.2. The summed E-state index contributed by atoms with van der Waals surface area (Å²) in [6.07, 6.45) is 3.68. The van der Waals surface area contributed by atoms with Crippen molar-refractivity contribution in [3.05, 3.63) is 58.3 Å². The van der Waals surface area contributed by atoms with Gasteiger partial charge in [0, 0.05) is 12.4 Å². The lowest BCUT2D eigenvalue weighted by molar-refractivity contribution is 0.589. The Morgan fingerprint density at radius 2 is 1.96 bits per heavy atom. The van der Waals surface area contributed by atoms with Crippen molar-refractivity contribution in [3.63, 3.8) is 0 Å².